The van der Waals surface area contributed by atoms with E-state index in [1.807, 2.05) is 6.92 Å². The molecule has 0 spiro atoms. The van der Waals surface area contributed by atoms with E-state index in [1.54, 1.807) is 7.11 Å². The molecule has 1 aliphatic rings. The van der Waals surface area contributed by atoms with Gasteiger partial charge in [0.1, 0.15) is 0 Å². The average molecular weight is 332 g/mol. The van der Waals surface area contributed by atoms with Gasteiger partial charge in [-0.1, -0.05) is 38.1 Å². The summed E-state index contributed by atoms with van der Waals surface area (Å²) in [4.78, 5) is 14.7. The van der Waals surface area contributed by atoms with Crippen molar-refractivity contribution in [2.45, 2.75) is 52.1 Å². The average Bonchev–Trinajstić information content (AvgIpc) is 2.56. The van der Waals surface area contributed by atoms with Gasteiger partial charge in [-0.05, 0) is 49.9 Å². The number of methoxy groups -OCH3 is 1. The minimum atomic E-state index is 0.0833. The van der Waals surface area contributed by atoms with Crippen molar-refractivity contribution in [3.05, 3.63) is 35.4 Å². The Bertz CT molecular complexity index is 505. The van der Waals surface area contributed by atoms with Crippen molar-refractivity contribution in [3.8, 4) is 0 Å². The summed E-state index contributed by atoms with van der Waals surface area (Å²) in [5, 5.41) is 3.05. The number of likely N-dealkylation sites (tertiary alicyclic amines) is 1. The lowest BCUT2D eigenvalue weighted by Crippen LogP contribution is -2.44. The molecular weight excluding hydrogens is 300 g/mol. The number of amides is 1. The molecule has 24 heavy (non-hydrogen) atoms. The molecule has 2 rings (SSSR count). The number of benzene rings is 1. The first-order chi connectivity index (χ1) is 11.5. The highest BCUT2D eigenvalue weighted by Gasteiger charge is 2.25. The molecule has 1 aromatic rings. The SMILES string of the molecule is COC[C@@H](C)NC(=O)C1CCN(Cc2ccc(C(C)C)cc2)CC1. The maximum Gasteiger partial charge on any atom is 0.223 e. The second-order valence-electron chi connectivity index (χ2n) is 7.31. The molecule has 1 aliphatic heterocycles. The van der Waals surface area contributed by atoms with Crippen LogP contribution in [-0.4, -0.2) is 43.7 Å². The molecule has 1 amide bonds. The monoisotopic (exact) mass is 332 g/mol. The topological polar surface area (TPSA) is 41.6 Å². The molecule has 4 heteroatoms. The van der Waals surface area contributed by atoms with Gasteiger partial charge in [0.15, 0.2) is 0 Å². The second kappa shape index (κ2) is 9.19. The molecule has 0 saturated carbocycles. The molecule has 0 unspecified atom stereocenters. The summed E-state index contributed by atoms with van der Waals surface area (Å²) in [5.41, 5.74) is 2.75. The maximum absolute atomic E-state index is 12.3. The molecule has 1 atom stereocenters. The number of nitrogens with one attached hydrogen (secondary N) is 1. The van der Waals surface area contributed by atoms with E-state index in [9.17, 15) is 4.79 Å². The second-order valence-corrected chi connectivity index (χ2v) is 7.31. The fourth-order valence-electron chi connectivity index (χ4n) is 3.27. The molecule has 0 radical (unpaired) electrons. The first kappa shape index (κ1) is 18.9. The zero-order valence-corrected chi connectivity index (χ0v) is 15.5. The number of piperidine rings is 1. The number of carbonyl (C=O) groups excluding carboxylic acids is 1. The van der Waals surface area contributed by atoms with Gasteiger partial charge in [-0.2, -0.15) is 0 Å². The Balaban J connectivity index is 1.77. The predicted octanol–water partition coefficient (Wildman–Crippen LogP) is 3.17. The highest BCUT2D eigenvalue weighted by molar-refractivity contribution is 5.79. The molecule has 1 saturated heterocycles. The molecule has 1 fully saturated rings. The third kappa shape index (κ3) is 5.60. The van der Waals surface area contributed by atoms with Crippen LogP contribution < -0.4 is 5.32 Å². The van der Waals surface area contributed by atoms with Gasteiger partial charge >= 0.3 is 0 Å². The van der Waals surface area contributed by atoms with Crippen molar-refractivity contribution in [2.24, 2.45) is 5.92 Å². The van der Waals surface area contributed by atoms with Crippen LogP contribution in [0.3, 0.4) is 0 Å². The minimum absolute atomic E-state index is 0.0833. The van der Waals surface area contributed by atoms with Gasteiger partial charge in [0, 0.05) is 25.6 Å². The van der Waals surface area contributed by atoms with Crippen molar-refractivity contribution in [2.75, 3.05) is 26.8 Å². The Morgan fingerprint density at radius 2 is 1.83 bits per heavy atom. The summed E-state index contributed by atoms with van der Waals surface area (Å²) < 4.78 is 5.08. The van der Waals surface area contributed by atoms with Crippen LogP contribution in [0.5, 0.6) is 0 Å². The number of hydrogen-bond acceptors (Lipinski definition) is 3. The molecular formula is C20H32N2O2. The largest absolute Gasteiger partial charge is 0.383 e. The van der Waals surface area contributed by atoms with Crippen LogP contribution in [-0.2, 0) is 16.1 Å². The number of ether oxygens (including phenoxy) is 1. The lowest BCUT2D eigenvalue weighted by Gasteiger charge is -2.32. The van der Waals surface area contributed by atoms with Crippen LogP contribution in [0.4, 0.5) is 0 Å². The van der Waals surface area contributed by atoms with Crippen molar-refractivity contribution >= 4 is 5.91 Å². The molecule has 1 heterocycles. The van der Waals surface area contributed by atoms with Gasteiger partial charge in [-0.3, -0.25) is 9.69 Å². The summed E-state index contributed by atoms with van der Waals surface area (Å²) in [7, 11) is 1.66. The lowest BCUT2D eigenvalue weighted by atomic mass is 9.95. The summed E-state index contributed by atoms with van der Waals surface area (Å²) in [6, 6.07) is 9.02. The van der Waals surface area contributed by atoms with E-state index < -0.39 is 0 Å². The minimum Gasteiger partial charge on any atom is -0.383 e. The van der Waals surface area contributed by atoms with Crippen LogP contribution in [0, 0.1) is 5.92 Å². The number of nitrogens with zero attached hydrogens (tertiary/aromatic N) is 1. The van der Waals surface area contributed by atoms with E-state index in [0.29, 0.717) is 12.5 Å². The lowest BCUT2D eigenvalue weighted by molar-refractivity contribution is -0.127. The van der Waals surface area contributed by atoms with Crippen LogP contribution in [0.2, 0.25) is 0 Å². The highest BCUT2D eigenvalue weighted by Crippen LogP contribution is 2.20. The smallest absolute Gasteiger partial charge is 0.223 e. The Morgan fingerprint density at radius 1 is 1.21 bits per heavy atom. The Morgan fingerprint density at radius 3 is 2.38 bits per heavy atom. The van der Waals surface area contributed by atoms with E-state index in [2.05, 4.69) is 48.3 Å². The van der Waals surface area contributed by atoms with E-state index in [1.165, 1.54) is 11.1 Å². The molecule has 0 aliphatic carbocycles. The Labute approximate surface area is 146 Å². The third-order valence-electron chi connectivity index (χ3n) is 4.82. The number of rotatable bonds is 7. The normalized spacial score (nSPS) is 17.9. The highest BCUT2D eigenvalue weighted by atomic mass is 16.5. The quantitative estimate of drug-likeness (QED) is 0.834. The number of carbonyl (C=O) groups is 1. The molecule has 0 aromatic heterocycles. The first-order valence-electron chi connectivity index (χ1n) is 9.10. The fraction of sp³-hybridized carbons (Fsp3) is 0.650. The predicted molar refractivity (Wildman–Crippen MR) is 98.0 cm³/mol. The van der Waals surface area contributed by atoms with Crippen molar-refractivity contribution < 1.29 is 9.53 Å². The van der Waals surface area contributed by atoms with Gasteiger partial charge in [-0.25, -0.2) is 0 Å². The summed E-state index contributed by atoms with van der Waals surface area (Å²) >= 11 is 0. The Kier molecular flexibility index (Phi) is 7.25. The number of hydrogen-bond donors (Lipinski definition) is 1. The van der Waals surface area contributed by atoms with Crippen LogP contribution >= 0.6 is 0 Å². The van der Waals surface area contributed by atoms with Crippen LogP contribution in [0.1, 0.15) is 50.7 Å². The standard InChI is InChI=1S/C20H32N2O2/c1-15(2)18-7-5-17(6-8-18)13-22-11-9-19(10-12-22)20(23)21-16(3)14-24-4/h5-8,15-16,19H,9-14H2,1-4H3,(H,21,23)/t16-/m1/s1. The van der Waals surface area contributed by atoms with Crippen molar-refractivity contribution in [1.82, 2.24) is 10.2 Å². The van der Waals surface area contributed by atoms with E-state index >= 15 is 0 Å². The molecule has 1 aromatic carbocycles. The molecule has 4 nitrogen and oxygen atoms in total. The summed E-state index contributed by atoms with van der Waals surface area (Å²) in [5.74, 6) is 0.901. The van der Waals surface area contributed by atoms with Gasteiger partial charge in [0.2, 0.25) is 5.91 Å². The zero-order chi connectivity index (χ0) is 17.5. The third-order valence-corrected chi connectivity index (χ3v) is 4.82. The van der Waals surface area contributed by atoms with Gasteiger partial charge in [0.25, 0.3) is 0 Å². The van der Waals surface area contributed by atoms with Crippen LogP contribution in [0.15, 0.2) is 24.3 Å². The fourth-order valence-corrected chi connectivity index (χ4v) is 3.27. The van der Waals surface area contributed by atoms with Gasteiger partial charge < -0.3 is 10.1 Å². The van der Waals surface area contributed by atoms with Gasteiger partial charge in [-0.15, -0.1) is 0 Å². The molecule has 134 valence electrons. The van der Waals surface area contributed by atoms with Crippen LogP contribution in [0.25, 0.3) is 0 Å². The summed E-state index contributed by atoms with van der Waals surface area (Å²) in [6.45, 7) is 9.95. The zero-order valence-electron chi connectivity index (χ0n) is 15.5. The molecule has 0 bridgehead atoms. The van der Waals surface area contributed by atoms with Crippen molar-refractivity contribution in [3.63, 3.8) is 0 Å². The van der Waals surface area contributed by atoms with E-state index in [-0.39, 0.29) is 17.9 Å². The van der Waals surface area contributed by atoms with Crippen molar-refractivity contribution in [1.29, 1.82) is 0 Å². The van der Waals surface area contributed by atoms with E-state index in [0.717, 1.165) is 32.5 Å². The Hall–Kier alpha value is -1.39. The summed E-state index contributed by atoms with van der Waals surface area (Å²) in [6.07, 6.45) is 1.88. The molecule has 1 N–H and O–H groups in total. The maximum atomic E-state index is 12.3. The van der Waals surface area contributed by atoms with Gasteiger partial charge in [0.05, 0.1) is 6.61 Å². The van der Waals surface area contributed by atoms with E-state index in [4.69, 9.17) is 4.74 Å². The first-order valence-corrected chi connectivity index (χ1v) is 9.10.